The molecule has 0 radical (unpaired) electrons. The molecule has 0 aliphatic carbocycles. The van der Waals surface area contributed by atoms with Crippen LogP contribution in [-0.4, -0.2) is 23.8 Å². The molecule has 0 saturated carbocycles. The highest BCUT2D eigenvalue weighted by Gasteiger charge is 2.19. The number of hydrazone groups is 1. The van der Waals surface area contributed by atoms with Gasteiger partial charge in [0.1, 0.15) is 0 Å². The predicted octanol–water partition coefficient (Wildman–Crippen LogP) is 4.69. The summed E-state index contributed by atoms with van der Waals surface area (Å²) < 4.78 is 8.49. The number of benzene rings is 2. The van der Waals surface area contributed by atoms with E-state index in [0.717, 1.165) is 32.7 Å². The molecule has 1 amide bonds. The van der Waals surface area contributed by atoms with Crippen LogP contribution >= 0.6 is 15.9 Å². The Labute approximate surface area is 173 Å². The number of hydrogen-bond donors (Lipinski definition) is 1. The molecule has 6 heteroatoms. The minimum atomic E-state index is -0.701. The third-order valence-electron chi connectivity index (χ3n) is 4.49. The Morgan fingerprint density at radius 2 is 1.89 bits per heavy atom. The van der Waals surface area contributed by atoms with E-state index in [2.05, 4.69) is 43.2 Å². The van der Waals surface area contributed by atoms with Gasteiger partial charge < -0.3 is 9.30 Å². The summed E-state index contributed by atoms with van der Waals surface area (Å²) in [5, 5.41) is 4.14. The number of halogens is 1. The first-order valence-corrected chi connectivity index (χ1v) is 9.66. The van der Waals surface area contributed by atoms with Crippen molar-refractivity contribution in [3.05, 3.63) is 87.7 Å². The lowest BCUT2D eigenvalue weighted by Crippen LogP contribution is -2.26. The van der Waals surface area contributed by atoms with Crippen molar-refractivity contribution in [3.63, 3.8) is 0 Å². The van der Waals surface area contributed by atoms with E-state index in [-0.39, 0.29) is 5.91 Å². The Bertz CT molecular complexity index is 996. The Kier molecular flexibility index (Phi) is 6.44. The summed E-state index contributed by atoms with van der Waals surface area (Å²) in [7, 11) is 1.51. The van der Waals surface area contributed by atoms with Crippen molar-refractivity contribution in [1.29, 1.82) is 0 Å². The summed E-state index contributed by atoms with van der Waals surface area (Å²) in [6, 6.07) is 19.5. The number of nitrogens with zero attached hydrogens (tertiary/aromatic N) is 2. The molecular weight excluding hydrogens is 418 g/mol. The van der Waals surface area contributed by atoms with Gasteiger partial charge in [0, 0.05) is 34.2 Å². The number of ether oxygens (including phenoxy) is 1. The van der Waals surface area contributed by atoms with E-state index in [1.54, 1.807) is 6.21 Å². The van der Waals surface area contributed by atoms with Gasteiger partial charge in [0.05, 0.1) is 6.21 Å². The first kappa shape index (κ1) is 20.0. The number of methoxy groups -OCH3 is 1. The van der Waals surface area contributed by atoms with Crippen molar-refractivity contribution in [1.82, 2.24) is 9.99 Å². The quantitative estimate of drug-likeness (QED) is 0.447. The number of rotatable bonds is 6. The molecule has 0 fully saturated rings. The van der Waals surface area contributed by atoms with Gasteiger partial charge in [-0.05, 0) is 43.7 Å². The SMILES string of the molecule is CO[C@H](C(=O)N/N=C\c1cc(C)n(-c2cccc(Br)c2)c1C)c1ccccc1. The van der Waals surface area contributed by atoms with E-state index in [4.69, 9.17) is 4.74 Å². The Morgan fingerprint density at radius 1 is 1.14 bits per heavy atom. The normalized spacial score (nSPS) is 12.3. The van der Waals surface area contributed by atoms with Crippen molar-refractivity contribution in [2.45, 2.75) is 20.0 Å². The molecule has 0 aliphatic rings. The Balaban J connectivity index is 1.76. The van der Waals surface area contributed by atoms with Gasteiger partial charge >= 0.3 is 0 Å². The molecule has 144 valence electrons. The van der Waals surface area contributed by atoms with Crippen molar-refractivity contribution in [2.75, 3.05) is 7.11 Å². The number of aromatic nitrogens is 1. The van der Waals surface area contributed by atoms with Crippen LogP contribution in [0, 0.1) is 13.8 Å². The summed E-state index contributed by atoms with van der Waals surface area (Å²) in [5.74, 6) is -0.314. The van der Waals surface area contributed by atoms with Crippen molar-refractivity contribution in [2.24, 2.45) is 5.10 Å². The predicted molar refractivity (Wildman–Crippen MR) is 115 cm³/mol. The zero-order chi connectivity index (χ0) is 20.1. The lowest BCUT2D eigenvalue weighted by molar-refractivity contribution is -0.131. The third-order valence-corrected chi connectivity index (χ3v) is 4.98. The van der Waals surface area contributed by atoms with Gasteiger partial charge in [-0.2, -0.15) is 5.10 Å². The highest BCUT2D eigenvalue weighted by atomic mass is 79.9. The minimum absolute atomic E-state index is 0.314. The number of amides is 1. The Morgan fingerprint density at radius 3 is 2.57 bits per heavy atom. The van der Waals surface area contributed by atoms with Crippen LogP contribution in [0.4, 0.5) is 0 Å². The summed E-state index contributed by atoms with van der Waals surface area (Å²) in [6.45, 7) is 4.07. The van der Waals surface area contributed by atoms with Crippen LogP contribution < -0.4 is 5.43 Å². The molecule has 0 unspecified atom stereocenters. The molecule has 2 aromatic carbocycles. The number of aryl methyl sites for hydroxylation is 1. The van der Waals surface area contributed by atoms with Crippen molar-refractivity contribution < 1.29 is 9.53 Å². The average Bonchev–Trinajstić information content (AvgIpc) is 2.96. The molecule has 0 saturated heterocycles. The topological polar surface area (TPSA) is 55.6 Å². The summed E-state index contributed by atoms with van der Waals surface area (Å²) in [5.41, 5.74) is 7.49. The fourth-order valence-corrected chi connectivity index (χ4v) is 3.56. The molecule has 1 aromatic heterocycles. The second kappa shape index (κ2) is 8.99. The molecule has 28 heavy (non-hydrogen) atoms. The fraction of sp³-hybridized carbons (Fsp3) is 0.182. The first-order chi connectivity index (χ1) is 13.5. The maximum absolute atomic E-state index is 12.4. The molecule has 3 rings (SSSR count). The van der Waals surface area contributed by atoms with Crippen LogP contribution in [0.15, 0.2) is 70.2 Å². The number of nitrogens with one attached hydrogen (secondary N) is 1. The number of carbonyl (C=O) groups is 1. The average molecular weight is 440 g/mol. The monoisotopic (exact) mass is 439 g/mol. The van der Waals surface area contributed by atoms with E-state index in [0.29, 0.717) is 0 Å². The summed E-state index contributed by atoms with van der Waals surface area (Å²) in [6.07, 6.45) is 0.958. The van der Waals surface area contributed by atoms with Gasteiger partial charge in [-0.15, -0.1) is 0 Å². The van der Waals surface area contributed by atoms with E-state index in [1.807, 2.05) is 62.4 Å². The van der Waals surface area contributed by atoms with E-state index >= 15 is 0 Å². The van der Waals surface area contributed by atoms with E-state index < -0.39 is 6.10 Å². The van der Waals surface area contributed by atoms with E-state index in [9.17, 15) is 4.79 Å². The second-order valence-corrected chi connectivity index (χ2v) is 7.32. The van der Waals surface area contributed by atoms with E-state index in [1.165, 1.54) is 7.11 Å². The van der Waals surface area contributed by atoms with Gasteiger partial charge in [0.25, 0.3) is 5.91 Å². The highest BCUT2D eigenvalue weighted by Crippen LogP contribution is 2.22. The number of hydrogen-bond acceptors (Lipinski definition) is 3. The lowest BCUT2D eigenvalue weighted by atomic mass is 10.1. The van der Waals surface area contributed by atoms with Crippen LogP contribution in [0.1, 0.15) is 28.6 Å². The van der Waals surface area contributed by atoms with Crippen LogP contribution in [0.25, 0.3) is 5.69 Å². The molecule has 0 spiro atoms. The molecular formula is C22H22BrN3O2. The highest BCUT2D eigenvalue weighted by molar-refractivity contribution is 9.10. The molecule has 3 aromatic rings. The minimum Gasteiger partial charge on any atom is -0.367 e. The molecule has 5 nitrogen and oxygen atoms in total. The molecule has 1 N–H and O–H groups in total. The van der Waals surface area contributed by atoms with Gasteiger partial charge in [-0.3, -0.25) is 4.79 Å². The Hall–Kier alpha value is -2.70. The van der Waals surface area contributed by atoms with Crippen LogP contribution in [0.3, 0.4) is 0 Å². The lowest BCUT2D eigenvalue weighted by Gasteiger charge is -2.13. The van der Waals surface area contributed by atoms with Gasteiger partial charge in [0.15, 0.2) is 6.10 Å². The molecule has 1 atom stereocenters. The van der Waals surface area contributed by atoms with Crippen LogP contribution in [0.5, 0.6) is 0 Å². The van der Waals surface area contributed by atoms with Crippen molar-refractivity contribution in [3.8, 4) is 5.69 Å². The fourth-order valence-electron chi connectivity index (χ4n) is 3.18. The largest absolute Gasteiger partial charge is 0.367 e. The van der Waals surface area contributed by atoms with Gasteiger partial charge in [0.2, 0.25) is 0 Å². The standard InChI is InChI=1S/C22H22BrN3O2/c1-15-12-18(16(2)26(15)20-11-7-10-19(23)13-20)14-24-25-22(27)21(28-3)17-8-5-4-6-9-17/h4-14,21H,1-3H3,(H,25,27)/b24-14-/t21-/m0/s1. The van der Waals surface area contributed by atoms with Crippen LogP contribution in [-0.2, 0) is 9.53 Å². The van der Waals surface area contributed by atoms with Gasteiger partial charge in [-0.25, -0.2) is 5.43 Å². The zero-order valence-corrected chi connectivity index (χ0v) is 17.6. The smallest absolute Gasteiger partial charge is 0.273 e. The third kappa shape index (κ3) is 4.40. The van der Waals surface area contributed by atoms with Gasteiger partial charge in [-0.1, -0.05) is 52.3 Å². The molecule has 0 bridgehead atoms. The molecule has 1 heterocycles. The maximum atomic E-state index is 12.4. The summed E-state index contributed by atoms with van der Waals surface area (Å²) in [4.78, 5) is 12.4. The van der Waals surface area contributed by atoms with Crippen LogP contribution in [0.2, 0.25) is 0 Å². The maximum Gasteiger partial charge on any atom is 0.273 e. The zero-order valence-electron chi connectivity index (χ0n) is 16.0. The van der Waals surface area contributed by atoms with Crippen molar-refractivity contribution >= 4 is 28.1 Å². The number of carbonyl (C=O) groups excluding carboxylic acids is 1. The second-order valence-electron chi connectivity index (χ2n) is 6.40. The first-order valence-electron chi connectivity index (χ1n) is 8.87. The summed E-state index contributed by atoms with van der Waals surface area (Å²) >= 11 is 3.51. The molecule has 0 aliphatic heterocycles.